The fourth-order valence-corrected chi connectivity index (χ4v) is 7.07. The number of carbonyl (C=O) groups excluding carboxylic acids is 3. The van der Waals surface area contributed by atoms with Crippen LogP contribution in [-0.4, -0.2) is 55.1 Å². The summed E-state index contributed by atoms with van der Waals surface area (Å²) >= 11 is 0. The smallest absolute Gasteiger partial charge is 0.309 e. The van der Waals surface area contributed by atoms with Crippen molar-refractivity contribution >= 4 is 27.8 Å². The van der Waals surface area contributed by atoms with Crippen LogP contribution in [0.5, 0.6) is 0 Å². The van der Waals surface area contributed by atoms with Crippen molar-refractivity contribution < 1.29 is 27.5 Å². The molecule has 2 amide bonds. The summed E-state index contributed by atoms with van der Waals surface area (Å²) in [5.41, 5.74) is 1.24. The lowest BCUT2D eigenvalue weighted by Crippen LogP contribution is -2.40. The van der Waals surface area contributed by atoms with E-state index in [1.165, 1.54) is 9.21 Å². The molecule has 2 atom stereocenters. The monoisotopic (exact) mass is 476 g/mol. The molecule has 0 radical (unpaired) electrons. The highest BCUT2D eigenvalue weighted by molar-refractivity contribution is 7.89. The number of amides is 2. The molecule has 1 aliphatic carbocycles. The third-order valence-electron chi connectivity index (χ3n) is 7.22. The quantitative estimate of drug-likeness (QED) is 0.462. The van der Waals surface area contributed by atoms with Gasteiger partial charge in [0.05, 0.1) is 35.8 Å². The Morgan fingerprint density at radius 2 is 1.64 bits per heavy atom. The van der Waals surface area contributed by atoms with E-state index in [2.05, 4.69) is 0 Å². The molecule has 3 fully saturated rings. The normalized spacial score (nSPS) is 24.7. The Balaban J connectivity index is 1.50. The molecule has 1 aromatic carbocycles. The first kappa shape index (κ1) is 23.9. The molecule has 2 heterocycles. The summed E-state index contributed by atoms with van der Waals surface area (Å²) in [6.07, 6.45) is 4.29. The number of hydrogen-bond donors (Lipinski definition) is 0. The van der Waals surface area contributed by atoms with E-state index in [1.54, 1.807) is 32.0 Å². The predicted molar refractivity (Wildman–Crippen MR) is 120 cm³/mol. The molecule has 8 nitrogen and oxygen atoms in total. The lowest BCUT2D eigenvalue weighted by molar-refractivity contribution is -0.149. The summed E-state index contributed by atoms with van der Waals surface area (Å²) in [5, 5.41) is 0. The summed E-state index contributed by atoms with van der Waals surface area (Å²) in [6.45, 7) is 4.41. The van der Waals surface area contributed by atoms with Crippen molar-refractivity contribution in [3.8, 4) is 0 Å². The number of imide groups is 1. The van der Waals surface area contributed by atoms with E-state index >= 15 is 0 Å². The molecule has 0 unspecified atom stereocenters. The Labute approximate surface area is 195 Å². The maximum absolute atomic E-state index is 13.4. The molecule has 4 rings (SSSR count). The second-order valence-electron chi connectivity index (χ2n) is 9.29. The zero-order chi connectivity index (χ0) is 23.8. The van der Waals surface area contributed by atoms with Crippen LogP contribution in [0.3, 0.4) is 0 Å². The van der Waals surface area contributed by atoms with Crippen LogP contribution in [0, 0.1) is 24.7 Å². The third-order valence-corrected chi connectivity index (χ3v) is 9.26. The number of benzene rings is 1. The van der Waals surface area contributed by atoms with Crippen molar-refractivity contribution in [2.45, 2.75) is 63.8 Å². The molecular weight excluding hydrogens is 444 g/mol. The van der Waals surface area contributed by atoms with E-state index < -0.39 is 10.0 Å². The number of hydrogen-bond acceptors (Lipinski definition) is 6. The van der Waals surface area contributed by atoms with Crippen molar-refractivity contribution in [3.05, 3.63) is 29.3 Å². The number of ether oxygens (including phenoxy) is 1. The molecule has 0 aromatic heterocycles. The van der Waals surface area contributed by atoms with Gasteiger partial charge in [-0.1, -0.05) is 25.0 Å². The zero-order valence-corrected chi connectivity index (χ0v) is 20.1. The van der Waals surface area contributed by atoms with Gasteiger partial charge in [0.15, 0.2) is 0 Å². The topological polar surface area (TPSA) is 101 Å². The van der Waals surface area contributed by atoms with Crippen molar-refractivity contribution in [2.24, 2.45) is 17.8 Å². The number of aryl methyl sites for hydroxylation is 1. The molecule has 33 heavy (non-hydrogen) atoms. The molecule has 1 saturated carbocycles. The first-order valence-electron chi connectivity index (χ1n) is 11.9. The summed E-state index contributed by atoms with van der Waals surface area (Å²) in [7, 11) is -3.77. The average molecular weight is 477 g/mol. The number of likely N-dealkylation sites (tertiary alicyclic amines) is 1. The number of carbonyl (C=O) groups is 3. The number of esters is 1. The van der Waals surface area contributed by atoms with E-state index in [4.69, 9.17) is 4.74 Å². The van der Waals surface area contributed by atoms with E-state index in [0.717, 1.165) is 25.7 Å². The lowest BCUT2D eigenvalue weighted by Gasteiger charge is -2.30. The van der Waals surface area contributed by atoms with Crippen LogP contribution in [0.4, 0.5) is 0 Å². The maximum atomic E-state index is 13.4. The minimum Gasteiger partial charge on any atom is -0.466 e. The summed E-state index contributed by atoms with van der Waals surface area (Å²) in [6, 6.07) is 5.10. The summed E-state index contributed by atoms with van der Waals surface area (Å²) in [4.78, 5) is 39.1. The van der Waals surface area contributed by atoms with Gasteiger partial charge in [0.25, 0.3) is 0 Å². The standard InChI is InChI=1S/C24H32N2O6S/c1-3-32-24(29)18-10-12-25(13-11-18)33(30,31)21-14-17(9-8-16(21)2)15-26-22(27)19-6-4-5-7-20(19)23(26)28/h8-9,14,18-20H,3-7,10-13,15H2,1-2H3/t19-,20+. The van der Waals surface area contributed by atoms with Gasteiger partial charge in [0.1, 0.15) is 0 Å². The van der Waals surface area contributed by atoms with Crippen molar-refractivity contribution in [3.63, 3.8) is 0 Å². The number of fused-ring (bicyclic) bond motifs is 1. The van der Waals surface area contributed by atoms with E-state index in [1.807, 2.05) is 0 Å². The van der Waals surface area contributed by atoms with Gasteiger partial charge in [-0.3, -0.25) is 19.3 Å². The minimum atomic E-state index is -3.77. The Hall–Kier alpha value is -2.26. The van der Waals surface area contributed by atoms with Crippen LogP contribution in [-0.2, 0) is 35.7 Å². The number of sulfonamides is 1. The van der Waals surface area contributed by atoms with Crippen molar-refractivity contribution in [1.82, 2.24) is 9.21 Å². The minimum absolute atomic E-state index is 0.0956. The van der Waals surface area contributed by atoms with E-state index in [9.17, 15) is 22.8 Å². The molecule has 3 aliphatic rings. The highest BCUT2D eigenvalue weighted by Crippen LogP contribution is 2.39. The van der Waals surface area contributed by atoms with Gasteiger partial charge in [-0.05, 0) is 56.7 Å². The molecule has 2 saturated heterocycles. The SMILES string of the molecule is CCOC(=O)C1CCN(S(=O)(=O)c2cc(CN3C(=O)[C@H]4CCCC[C@H]4C3=O)ccc2C)CC1. The summed E-state index contributed by atoms with van der Waals surface area (Å²) in [5.74, 6) is -1.25. The van der Waals surface area contributed by atoms with Gasteiger partial charge in [-0.25, -0.2) is 8.42 Å². The van der Waals surface area contributed by atoms with Crippen LogP contribution >= 0.6 is 0 Å². The van der Waals surface area contributed by atoms with E-state index in [-0.39, 0.29) is 60.1 Å². The molecule has 1 aromatic rings. The van der Waals surface area contributed by atoms with Crippen LogP contribution in [0.15, 0.2) is 23.1 Å². The Bertz CT molecular complexity index is 1020. The fraction of sp³-hybridized carbons (Fsp3) is 0.625. The highest BCUT2D eigenvalue weighted by atomic mass is 32.2. The first-order valence-corrected chi connectivity index (χ1v) is 13.3. The zero-order valence-electron chi connectivity index (χ0n) is 19.3. The van der Waals surface area contributed by atoms with Crippen LogP contribution in [0.25, 0.3) is 0 Å². The second kappa shape index (κ2) is 9.54. The number of nitrogens with zero attached hydrogens (tertiary/aromatic N) is 2. The third kappa shape index (κ3) is 4.57. The molecule has 9 heteroatoms. The van der Waals surface area contributed by atoms with Gasteiger partial charge >= 0.3 is 5.97 Å². The fourth-order valence-electron chi connectivity index (χ4n) is 5.32. The Kier molecular flexibility index (Phi) is 6.91. The highest BCUT2D eigenvalue weighted by Gasteiger charge is 2.48. The largest absolute Gasteiger partial charge is 0.466 e. The van der Waals surface area contributed by atoms with Gasteiger partial charge in [-0.2, -0.15) is 4.31 Å². The van der Waals surface area contributed by atoms with Crippen LogP contribution in [0.2, 0.25) is 0 Å². The Morgan fingerprint density at radius 1 is 1.03 bits per heavy atom. The molecular formula is C24H32N2O6S. The van der Waals surface area contributed by atoms with Gasteiger partial charge in [0.2, 0.25) is 21.8 Å². The molecule has 0 bridgehead atoms. The maximum Gasteiger partial charge on any atom is 0.309 e. The molecule has 2 aliphatic heterocycles. The first-order chi connectivity index (χ1) is 15.7. The van der Waals surface area contributed by atoms with Gasteiger partial charge < -0.3 is 4.74 Å². The van der Waals surface area contributed by atoms with E-state index in [0.29, 0.717) is 30.6 Å². The number of piperidine rings is 1. The lowest BCUT2D eigenvalue weighted by atomic mass is 9.81. The van der Waals surface area contributed by atoms with Crippen LogP contribution in [0.1, 0.15) is 56.6 Å². The summed E-state index contributed by atoms with van der Waals surface area (Å²) < 4.78 is 33.3. The van der Waals surface area contributed by atoms with Gasteiger partial charge in [0, 0.05) is 13.1 Å². The number of rotatable bonds is 6. The van der Waals surface area contributed by atoms with Crippen LogP contribution < -0.4 is 0 Å². The molecule has 180 valence electrons. The van der Waals surface area contributed by atoms with Gasteiger partial charge in [-0.15, -0.1) is 0 Å². The molecule has 0 spiro atoms. The van der Waals surface area contributed by atoms with Crippen molar-refractivity contribution in [2.75, 3.05) is 19.7 Å². The van der Waals surface area contributed by atoms with Crippen molar-refractivity contribution in [1.29, 1.82) is 0 Å². The second-order valence-corrected chi connectivity index (χ2v) is 11.2. The Morgan fingerprint density at radius 3 is 2.21 bits per heavy atom. The predicted octanol–water partition coefficient (Wildman–Crippen LogP) is 2.63. The average Bonchev–Trinajstić information content (AvgIpc) is 3.05. The molecule has 0 N–H and O–H groups in total.